The Morgan fingerprint density at radius 2 is 1.37 bits per heavy atom. The highest BCUT2D eigenvalue weighted by Crippen LogP contribution is 2.53. The van der Waals surface area contributed by atoms with E-state index in [1.807, 2.05) is 69.3 Å². The smallest absolute Gasteiger partial charge is 0.321 e. The molecule has 3 rings (SSSR count). The molecule has 138 valence electrons. The lowest BCUT2D eigenvalue weighted by Gasteiger charge is -2.21. The molecule has 0 aromatic heterocycles. The van der Waals surface area contributed by atoms with Crippen LogP contribution in [0.3, 0.4) is 0 Å². The molecule has 0 aliphatic carbocycles. The fourth-order valence-electron chi connectivity index (χ4n) is 3.31. The van der Waals surface area contributed by atoms with Gasteiger partial charge < -0.3 is 4.52 Å². The lowest BCUT2D eigenvalue weighted by Crippen LogP contribution is -2.12. The molecule has 0 amide bonds. The van der Waals surface area contributed by atoms with Crippen LogP contribution in [0.15, 0.2) is 72.8 Å². The summed E-state index contributed by atoms with van der Waals surface area (Å²) in [5, 5.41) is 0. The third kappa shape index (κ3) is 4.37. The van der Waals surface area contributed by atoms with Gasteiger partial charge in [-0.05, 0) is 49.6 Å². The third-order valence-corrected chi connectivity index (χ3v) is 6.56. The van der Waals surface area contributed by atoms with Crippen molar-refractivity contribution in [2.75, 3.05) is 0 Å². The van der Waals surface area contributed by atoms with Crippen LogP contribution < -0.4 is 4.52 Å². The first kappa shape index (κ1) is 19.1. The van der Waals surface area contributed by atoms with Crippen LogP contribution in [0.25, 0.3) is 0 Å². The maximum absolute atomic E-state index is 13.9. The molecule has 3 aromatic carbocycles. The van der Waals surface area contributed by atoms with Crippen LogP contribution in [0.2, 0.25) is 0 Å². The van der Waals surface area contributed by atoms with E-state index in [1.54, 1.807) is 24.3 Å². The van der Waals surface area contributed by atoms with Crippen LogP contribution in [0, 0.1) is 20.8 Å². The minimum Gasteiger partial charge on any atom is -0.438 e. The van der Waals surface area contributed by atoms with E-state index >= 15 is 0 Å². The first-order valence-corrected chi connectivity index (χ1v) is 10.7. The Kier molecular flexibility index (Phi) is 5.62. The summed E-state index contributed by atoms with van der Waals surface area (Å²) in [5.74, 6) is 0.438. The van der Waals surface area contributed by atoms with Gasteiger partial charge in [0.25, 0.3) is 5.52 Å². The van der Waals surface area contributed by atoms with E-state index in [2.05, 4.69) is 0 Å². The molecule has 3 aromatic rings. The van der Waals surface area contributed by atoms with Gasteiger partial charge in [0, 0.05) is 5.56 Å². The van der Waals surface area contributed by atoms with Crippen molar-refractivity contribution >= 4 is 12.9 Å². The summed E-state index contributed by atoms with van der Waals surface area (Å²) in [6, 6.07) is 22.1. The van der Waals surface area contributed by atoms with Crippen molar-refractivity contribution in [1.82, 2.24) is 0 Å². The molecule has 0 heterocycles. The molecule has 0 saturated carbocycles. The summed E-state index contributed by atoms with van der Waals surface area (Å²) in [7, 11) is -3.68. The lowest BCUT2D eigenvalue weighted by molar-refractivity contribution is 0.106. The van der Waals surface area contributed by atoms with Crippen LogP contribution in [-0.2, 0) is 10.7 Å². The largest absolute Gasteiger partial charge is 0.438 e. The Balaban J connectivity index is 2.06. The molecule has 0 saturated heterocycles. The van der Waals surface area contributed by atoms with Gasteiger partial charge in [0.1, 0.15) is 5.75 Å². The molecule has 4 heteroatoms. The average molecular weight is 378 g/mol. The number of para-hydroxylation sites is 1. The average Bonchev–Trinajstić information content (AvgIpc) is 2.62. The normalized spacial score (nSPS) is 13.0. The van der Waals surface area contributed by atoms with E-state index in [4.69, 9.17) is 4.52 Å². The Hall–Kier alpha value is -2.64. The SMILES string of the molecule is Cc1cc(C)c(C(=O)P(=O)(Cc2ccccc2)Oc2ccccc2)c(C)c1. The van der Waals surface area contributed by atoms with E-state index in [-0.39, 0.29) is 6.16 Å². The van der Waals surface area contributed by atoms with Gasteiger partial charge in [-0.25, -0.2) is 0 Å². The monoisotopic (exact) mass is 378 g/mol. The molecular weight excluding hydrogens is 355 g/mol. The molecule has 1 unspecified atom stereocenters. The highest BCUT2D eigenvalue weighted by molar-refractivity contribution is 7.76. The molecule has 1 atom stereocenters. The minimum atomic E-state index is -3.68. The third-order valence-electron chi connectivity index (χ3n) is 4.43. The summed E-state index contributed by atoms with van der Waals surface area (Å²) >= 11 is 0. The van der Waals surface area contributed by atoms with Gasteiger partial charge in [-0.3, -0.25) is 9.36 Å². The molecule has 0 aliphatic heterocycles. The van der Waals surface area contributed by atoms with E-state index < -0.39 is 12.9 Å². The summed E-state index contributed by atoms with van der Waals surface area (Å²) in [4.78, 5) is 13.4. The predicted molar refractivity (Wildman–Crippen MR) is 110 cm³/mol. The van der Waals surface area contributed by atoms with Crippen molar-refractivity contribution in [2.45, 2.75) is 26.9 Å². The zero-order valence-corrected chi connectivity index (χ0v) is 16.7. The van der Waals surface area contributed by atoms with Gasteiger partial charge >= 0.3 is 7.37 Å². The van der Waals surface area contributed by atoms with E-state index in [1.165, 1.54) is 0 Å². The fourth-order valence-corrected chi connectivity index (χ4v) is 5.45. The maximum Gasteiger partial charge on any atom is 0.321 e. The highest BCUT2D eigenvalue weighted by atomic mass is 31.2. The molecule has 0 radical (unpaired) electrons. The van der Waals surface area contributed by atoms with E-state index in [9.17, 15) is 9.36 Å². The predicted octanol–water partition coefficient (Wildman–Crippen LogP) is 6.31. The second-order valence-electron chi connectivity index (χ2n) is 6.80. The van der Waals surface area contributed by atoms with Crippen molar-refractivity contribution < 1.29 is 13.9 Å². The van der Waals surface area contributed by atoms with Crippen molar-refractivity contribution in [1.29, 1.82) is 0 Å². The quantitative estimate of drug-likeness (QED) is 0.472. The molecule has 0 N–H and O–H groups in total. The van der Waals surface area contributed by atoms with Crippen LogP contribution in [-0.4, -0.2) is 5.52 Å². The van der Waals surface area contributed by atoms with Crippen LogP contribution in [0.1, 0.15) is 32.6 Å². The Bertz CT molecular complexity index is 926. The molecule has 3 nitrogen and oxygen atoms in total. The lowest BCUT2D eigenvalue weighted by atomic mass is 10.0. The molecular formula is C23H23O3P. The summed E-state index contributed by atoms with van der Waals surface area (Å²) < 4.78 is 19.7. The standard InChI is InChI=1S/C23H23O3P/c1-17-14-18(2)22(19(3)15-17)23(24)27(25,16-20-10-6-4-7-11-20)26-21-12-8-5-9-13-21/h4-15H,16H2,1-3H3. The van der Waals surface area contributed by atoms with E-state index in [0.29, 0.717) is 11.3 Å². The summed E-state index contributed by atoms with van der Waals surface area (Å²) in [5.41, 5.74) is 3.60. The van der Waals surface area contributed by atoms with Gasteiger partial charge in [-0.15, -0.1) is 0 Å². The van der Waals surface area contributed by atoms with Gasteiger partial charge in [0.15, 0.2) is 0 Å². The topological polar surface area (TPSA) is 43.4 Å². The van der Waals surface area contributed by atoms with Gasteiger partial charge in [-0.1, -0.05) is 66.2 Å². The maximum atomic E-state index is 13.9. The first-order chi connectivity index (χ1) is 12.9. The van der Waals surface area contributed by atoms with Crippen molar-refractivity contribution in [3.8, 4) is 5.75 Å². The number of aryl methyl sites for hydroxylation is 3. The molecule has 0 aliphatic rings. The molecule has 0 bridgehead atoms. The number of carbonyl (C=O) groups is 1. The highest BCUT2D eigenvalue weighted by Gasteiger charge is 2.37. The van der Waals surface area contributed by atoms with Crippen LogP contribution >= 0.6 is 7.37 Å². The van der Waals surface area contributed by atoms with E-state index in [0.717, 1.165) is 22.3 Å². The molecule has 27 heavy (non-hydrogen) atoms. The van der Waals surface area contributed by atoms with Gasteiger partial charge in [0.2, 0.25) is 0 Å². The van der Waals surface area contributed by atoms with Crippen LogP contribution in [0.5, 0.6) is 5.75 Å². The molecule has 0 fully saturated rings. The Labute approximate surface area is 160 Å². The van der Waals surface area contributed by atoms with Crippen molar-refractivity contribution in [3.63, 3.8) is 0 Å². The second-order valence-corrected chi connectivity index (χ2v) is 9.05. The second kappa shape index (κ2) is 7.94. The summed E-state index contributed by atoms with van der Waals surface area (Å²) in [6.45, 7) is 5.74. The number of hydrogen-bond donors (Lipinski definition) is 0. The van der Waals surface area contributed by atoms with Crippen molar-refractivity contribution in [2.24, 2.45) is 0 Å². The zero-order valence-electron chi connectivity index (χ0n) is 15.8. The summed E-state index contributed by atoms with van der Waals surface area (Å²) in [6.07, 6.45) is 0.0638. The fraction of sp³-hybridized carbons (Fsp3) is 0.174. The Morgan fingerprint density at radius 1 is 0.852 bits per heavy atom. The number of rotatable bonds is 6. The molecule has 0 spiro atoms. The number of benzene rings is 3. The van der Waals surface area contributed by atoms with Gasteiger partial charge in [-0.2, -0.15) is 0 Å². The number of hydrogen-bond acceptors (Lipinski definition) is 3. The van der Waals surface area contributed by atoms with Gasteiger partial charge in [0.05, 0.1) is 6.16 Å². The zero-order chi connectivity index (χ0) is 19.4. The van der Waals surface area contributed by atoms with Crippen molar-refractivity contribution in [3.05, 3.63) is 101 Å². The Morgan fingerprint density at radius 3 is 1.93 bits per heavy atom. The first-order valence-electron chi connectivity index (χ1n) is 8.89. The minimum absolute atomic E-state index is 0.0638. The van der Waals surface area contributed by atoms with Crippen LogP contribution in [0.4, 0.5) is 0 Å². The number of carbonyl (C=O) groups excluding carboxylic acids is 1.